The Morgan fingerprint density at radius 1 is 1.06 bits per heavy atom. The minimum absolute atomic E-state index is 0.0468. The van der Waals surface area contributed by atoms with Crippen molar-refractivity contribution in [1.29, 1.82) is 5.26 Å². The molecule has 4 nitrogen and oxygen atoms in total. The van der Waals surface area contributed by atoms with Gasteiger partial charge in [-0.05, 0) is 49.2 Å². The Balaban J connectivity index is 1.69. The third-order valence-corrected chi connectivity index (χ3v) is 5.83. The number of nitrogens with zero attached hydrogens (tertiary/aromatic N) is 2. The van der Waals surface area contributed by atoms with Crippen LogP contribution in [0.5, 0.6) is 0 Å². The minimum atomic E-state index is -0.413. The predicted molar refractivity (Wildman–Crippen MR) is 129 cm³/mol. The second-order valence-corrected chi connectivity index (χ2v) is 8.00. The summed E-state index contributed by atoms with van der Waals surface area (Å²) in [5.74, 6) is -0.686. The highest BCUT2D eigenvalue weighted by Crippen LogP contribution is 2.29. The van der Waals surface area contributed by atoms with Crippen LogP contribution in [0, 0.1) is 24.1 Å². The zero-order valence-corrected chi connectivity index (χ0v) is 18.5. The number of nitriles is 1. The second kappa shape index (κ2) is 9.54. The van der Waals surface area contributed by atoms with E-state index in [2.05, 4.69) is 16.0 Å². The summed E-state index contributed by atoms with van der Waals surface area (Å²) in [6.45, 7) is 4.41. The highest BCUT2D eigenvalue weighted by atomic mass is 19.1. The van der Waals surface area contributed by atoms with Crippen molar-refractivity contribution < 1.29 is 9.18 Å². The molecule has 1 N–H and O–H groups in total. The lowest BCUT2D eigenvalue weighted by Gasteiger charge is -2.13. The number of rotatable bonds is 6. The number of carbonyl (C=O) groups is 1. The molecule has 1 aromatic heterocycles. The molecule has 0 aliphatic heterocycles. The Morgan fingerprint density at radius 3 is 2.42 bits per heavy atom. The molecule has 0 fully saturated rings. The van der Waals surface area contributed by atoms with Crippen LogP contribution in [0.15, 0.2) is 84.4 Å². The van der Waals surface area contributed by atoms with E-state index in [-0.39, 0.29) is 17.4 Å². The van der Waals surface area contributed by atoms with Crippen molar-refractivity contribution >= 4 is 22.9 Å². The van der Waals surface area contributed by atoms with Crippen molar-refractivity contribution in [3.05, 3.63) is 113 Å². The van der Waals surface area contributed by atoms with Gasteiger partial charge in [0.25, 0.3) is 5.91 Å². The first kappa shape index (κ1) is 22.0. The first-order chi connectivity index (χ1) is 16.0. The van der Waals surface area contributed by atoms with Crippen molar-refractivity contribution in [2.24, 2.45) is 0 Å². The van der Waals surface area contributed by atoms with Gasteiger partial charge in [0.1, 0.15) is 17.5 Å². The predicted octanol–water partition coefficient (Wildman–Crippen LogP) is 5.92. The average Bonchev–Trinajstić information content (AvgIpc) is 3.10. The number of benzene rings is 3. The maximum atomic E-state index is 13.3. The van der Waals surface area contributed by atoms with Crippen LogP contribution in [-0.2, 0) is 11.3 Å². The Bertz CT molecular complexity index is 1360. The van der Waals surface area contributed by atoms with Crippen LogP contribution < -0.4 is 5.32 Å². The number of fused-ring (bicyclic) bond motifs is 1. The van der Waals surface area contributed by atoms with Crippen LogP contribution in [0.1, 0.15) is 35.3 Å². The summed E-state index contributed by atoms with van der Waals surface area (Å²) in [6, 6.07) is 25.8. The normalized spacial score (nSPS) is 12.4. The van der Waals surface area contributed by atoms with Gasteiger partial charge in [-0.3, -0.25) is 4.79 Å². The van der Waals surface area contributed by atoms with E-state index < -0.39 is 5.91 Å². The average molecular weight is 438 g/mol. The standard InChI is InChI=1S/C28H24FN3O/c1-19(22-8-4-3-5-9-22)31-28(33)23(17-30)16-26-20(2)32(27-11-7-6-10-25(26)27)18-21-12-14-24(29)15-13-21/h3-16,19H,18H2,1-2H3,(H,31,33)/b23-16+/t19-/m1/s1. The smallest absolute Gasteiger partial charge is 0.262 e. The number of nitrogens with one attached hydrogen (secondary N) is 1. The van der Waals surface area contributed by atoms with E-state index in [1.165, 1.54) is 12.1 Å². The number of amides is 1. The molecule has 0 aliphatic carbocycles. The van der Waals surface area contributed by atoms with Crippen molar-refractivity contribution in [2.45, 2.75) is 26.4 Å². The van der Waals surface area contributed by atoms with Crippen molar-refractivity contribution in [3.8, 4) is 6.07 Å². The third-order valence-electron chi connectivity index (χ3n) is 5.83. The molecule has 0 radical (unpaired) electrons. The molecule has 164 valence electrons. The van der Waals surface area contributed by atoms with Gasteiger partial charge in [0.15, 0.2) is 0 Å². The summed E-state index contributed by atoms with van der Waals surface area (Å²) < 4.78 is 15.5. The van der Waals surface area contributed by atoms with Gasteiger partial charge in [-0.25, -0.2) is 4.39 Å². The fourth-order valence-electron chi connectivity index (χ4n) is 4.01. The fourth-order valence-corrected chi connectivity index (χ4v) is 4.01. The second-order valence-electron chi connectivity index (χ2n) is 8.00. The van der Waals surface area contributed by atoms with Crippen LogP contribution in [0.2, 0.25) is 0 Å². The quantitative estimate of drug-likeness (QED) is 0.301. The van der Waals surface area contributed by atoms with Gasteiger partial charge in [-0.15, -0.1) is 0 Å². The lowest BCUT2D eigenvalue weighted by molar-refractivity contribution is -0.117. The van der Waals surface area contributed by atoms with Crippen LogP contribution in [0.3, 0.4) is 0 Å². The molecular formula is C28H24FN3O. The van der Waals surface area contributed by atoms with E-state index in [0.29, 0.717) is 6.54 Å². The molecule has 0 bridgehead atoms. The van der Waals surface area contributed by atoms with Gasteiger partial charge in [0.05, 0.1) is 6.04 Å². The molecule has 0 spiro atoms. The molecule has 0 unspecified atom stereocenters. The molecule has 33 heavy (non-hydrogen) atoms. The largest absolute Gasteiger partial charge is 0.345 e. The molecule has 0 saturated heterocycles. The first-order valence-electron chi connectivity index (χ1n) is 10.8. The van der Waals surface area contributed by atoms with Gasteiger partial charge in [-0.2, -0.15) is 5.26 Å². The minimum Gasteiger partial charge on any atom is -0.345 e. The number of aromatic nitrogens is 1. The Kier molecular flexibility index (Phi) is 6.37. The van der Waals surface area contributed by atoms with Crippen LogP contribution in [0.4, 0.5) is 4.39 Å². The summed E-state index contributed by atoms with van der Waals surface area (Å²) in [7, 11) is 0. The van der Waals surface area contributed by atoms with E-state index in [0.717, 1.165) is 33.3 Å². The maximum Gasteiger partial charge on any atom is 0.262 e. The molecule has 3 aromatic carbocycles. The SMILES string of the molecule is Cc1c(/C=C(\C#N)C(=O)N[C@H](C)c2ccccc2)c2ccccc2n1Cc1ccc(F)cc1. The van der Waals surface area contributed by atoms with Crippen molar-refractivity contribution in [1.82, 2.24) is 9.88 Å². The van der Waals surface area contributed by atoms with Crippen LogP contribution in [-0.4, -0.2) is 10.5 Å². The first-order valence-corrected chi connectivity index (χ1v) is 10.8. The van der Waals surface area contributed by atoms with Gasteiger partial charge in [0.2, 0.25) is 0 Å². The van der Waals surface area contributed by atoms with Gasteiger partial charge in [0, 0.05) is 28.7 Å². The summed E-state index contributed by atoms with van der Waals surface area (Å²) in [6.07, 6.45) is 1.66. The molecule has 4 rings (SSSR count). The van der Waals surface area contributed by atoms with Crippen molar-refractivity contribution in [2.75, 3.05) is 0 Å². The molecule has 0 aliphatic rings. The lowest BCUT2D eigenvalue weighted by atomic mass is 10.1. The summed E-state index contributed by atoms with van der Waals surface area (Å²) in [4.78, 5) is 12.9. The van der Waals surface area contributed by atoms with E-state index in [1.807, 2.05) is 68.4 Å². The van der Waals surface area contributed by atoms with E-state index in [9.17, 15) is 14.4 Å². The summed E-state index contributed by atoms with van der Waals surface area (Å²) >= 11 is 0. The number of hydrogen-bond donors (Lipinski definition) is 1. The van der Waals surface area contributed by atoms with Gasteiger partial charge in [-0.1, -0.05) is 60.7 Å². The highest BCUT2D eigenvalue weighted by molar-refractivity contribution is 6.04. The van der Waals surface area contributed by atoms with Gasteiger partial charge >= 0.3 is 0 Å². The van der Waals surface area contributed by atoms with E-state index in [4.69, 9.17) is 0 Å². The van der Waals surface area contributed by atoms with Crippen molar-refractivity contribution in [3.63, 3.8) is 0 Å². The molecule has 4 aromatic rings. The van der Waals surface area contributed by atoms with Crippen LogP contribution in [0.25, 0.3) is 17.0 Å². The highest BCUT2D eigenvalue weighted by Gasteiger charge is 2.17. The summed E-state index contributed by atoms with van der Waals surface area (Å²) in [5, 5.41) is 13.6. The van der Waals surface area contributed by atoms with Crippen LogP contribution >= 0.6 is 0 Å². The number of para-hydroxylation sites is 1. The Hall–Kier alpha value is -4.17. The zero-order chi connectivity index (χ0) is 23.4. The fraction of sp³-hybridized carbons (Fsp3) is 0.143. The monoisotopic (exact) mass is 437 g/mol. The molecule has 5 heteroatoms. The third kappa shape index (κ3) is 4.70. The Morgan fingerprint density at radius 2 is 1.73 bits per heavy atom. The Labute approximate surface area is 192 Å². The number of halogens is 1. The number of hydrogen-bond acceptors (Lipinski definition) is 2. The molecule has 1 atom stereocenters. The van der Waals surface area contributed by atoms with E-state index in [1.54, 1.807) is 18.2 Å². The molecular weight excluding hydrogens is 413 g/mol. The molecule has 1 heterocycles. The maximum absolute atomic E-state index is 13.3. The van der Waals surface area contributed by atoms with Gasteiger partial charge < -0.3 is 9.88 Å². The summed E-state index contributed by atoms with van der Waals surface area (Å²) in [5.41, 5.74) is 4.72. The zero-order valence-electron chi connectivity index (χ0n) is 18.5. The molecule has 1 amide bonds. The number of carbonyl (C=O) groups excluding carboxylic acids is 1. The van der Waals surface area contributed by atoms with E-state index >= 15 is 0 Å². The molecule has 0 saturated carbocycles. The topological polar surface area (TPSA) is 57.8 Å². The lowest BCUT2D eigenvalue weighted by Crippen LogP contribution is -2.27.